The Morgan fingerprint density at radius 2 is 1.89 bits per heavy atom. The summed E-state index contributed by atoms with van der Waals surface area (Å²) in [5.74, 6) is 1.06. The maximum Gasteiger partial charge on any atom is 0.223 e. The summed E-state index contributed by atoms with van der Waals surface area (Å²) in [6, 6.07) is 10.5. The summed E-state index contributed by atoms with van der Waals surface area (Å²) in [4.78, 5) is 14.0. The van der Waals surface area contributed by atoms with Crippen molar-refractivity contribution in [3.05, 3.63) is 35.9 Å². The molecule has 1 heterocycles. The van der Waals surface area contributed by atoms with Crippen LogP contribution in [-0.2, 0) is 16.1 Å². The van der Waals surface area contributed by atoms with Gasteiger partial charge < -0.3 is 9.64 Å². The van der Waals surface area contributed by atoms with Crippen LogP contribution in [0.3, 0.4) is 0 Å². The van der Waals surface area contributed by atoms with E-state index in [9.17, 15) is 4.79 Å². The third-order valence-corrected chi connectivity index (χ3v) is 4.01. The molecule has 1 aliphatic heterocycles. The van der Waals surface area contributed by atoms with Crippen LogP contribution < -0.4 is 0 Å². The van der Waals surface area contributed by atoms with Gasteiger partial charge in [-0.2, -0.15) is 0 Å². The second-order valence-electron chi connectivity index (χ2n) is 5.68. The van der Waals surface area contributed by atoms with Crippen molar-refractivity contribution in [2.75, 3.05) is 13.2 Å². The van der Waals surface area contributed by atoms with Crippen LogP contribution in [0.15, 0.2) is 30.3 Å². The van der Waals surface area contributed by atoms with Crippen molar-refractivity contribution in [3.63, 3.8) is 0 Å². The average Bonchev–Trinajstić information content (AvgIpc) is 3.19. The lowest BCUT2D eigenvalue weighted by atomic mass is 10.2. The van der Waals surface area contributed by atoms with Gasteiger partial charge in [0.1, 0.15) is 0 Å². The number of carbonyl (C=O) groups excluding carboxylic acids is 1. The number of rotatable bonds is 6. The molecule has 2 fully saturated rings. The lowest BCUT2D eigenvalue weighted by molar-refractivity contribution is -0.130. The molecule has 0 spiro atoms. The summed E-state index contributed by atoms with van der Waals surface area (Å²) >= 11 is 0. The van der Waals surface area contributed by atoms with E-state index >= 15 is 0 Å². The van der Waals surface area contributed by atoms with Crippen molar-refractivity contribution >= 4 is 5.91 Å². The van der Waals surface area contributed by atoms with Gasteiger partial charge in [-0.05, 0) is 30.7 Å². The quantitative estimate of drug-likeness (QED) is 0.786. The zero-order valence-electron chi connectivity index (χ0n) is 11.3. The first-order valence-corrected chi connectivity index (χ1v) is 7.24. The third-order valence-electron chi connectivity index (χ3n) is 4.01. The standard InChI is InChI=1S/C16H21NO2/c18-16-9-8-15(12-19-11-14-6-7-14)17(16)10-13-4-2-1-3-5-13/h1-5,14-15H,6-12H2. The lowest BCUT2D eigenvalue weighted by Crippen LogP contribution is -2.35. The molecule has 0 N–H and O–H groups in total. The SMILES string of the molecule is O=C1CCC(COCC2CC2)N1Cc1ccccc1. The number of nitrogens with zero attached hydrogens (tertiary/aromatic N) is 1. The highest BCUT2D eigenvalue weighted by molar-refractivity contribution is 5.78. The molecule has 1 amide bonds. The Morgan fingerprint density at radius 1 is 1.11 bits per heavy atom. The molecule has 102 valence electrons. The van der Waals surface area contributed by atoms with E-state index in [2.05, 4.69) is 12.1 Å². The first-order chi connectivity index (χ1) is 9.33. The number of amides is 1. The van der Waals surface area contributed by atoms with Crippen molar-refractivity contribution in [1.82, 2.24) is 4.90 Å². The number of hydrogen-bond acceptors (Lipinski definition) is 2. The van der Waals surface area contributed by atoms with Gasteiger partial charge >= 0.3 is 0 Å². The Morgan fingerprint density at radius 3 is 2.63 bits per heavy atom. The minimum absolute atomic E-state index is 0.267. The maximum atomic E-state index is 12.0. The lowest BCUT2D eigenvalue weighted by Gasteiger charge is -2.25. The molecule has 3 heteroatoms. The van der Waals surface area contributed by atoms with E-state index in [0.29, 0.717) is 13.0 Å². The van der Waals surface area contributed by atoms with Crippen molar-refractivity contribution in [1.29, 1.82) is 0 Å². The Balaban J connectivity index is 1.55. The predicted molar refractivity (Wildman–Crippen MR) is 73.6 cm³/mol. The highest BCUT2D eigenvalue weighted by Gasteiger charge is 2.31. The summed E-state index contributed by atoms with van der Waals surface area (Å²) in [6.07, 6.45) is 4.25. The molecule has 19 heavy (non-hydrogen) atoms. The molecule has 1 saturated heterocycles. The van der Waals surface area contributed by atoms with E-state index in [1.54, 1.807) is 0 Å². The highest BCUT2D eigenvalue weighted by Crippen LogP contribution is 2.29. The van der Waals surface area contributed by atoms with Crippen LogP contribution in [0, 0.1) is 5.92 Å². The van der Waals surface area contributed by atoms with Gasteiger partial charge in [0.2, 0.25) is 5.91 Å². The third kappa shape index (κ3) is 3.35. The van der Waals surface area contributed by atoms with Crippen LogP contribution in [-0.4, -0.2) is 30.1 Å². The van der Waals surface area contributed by atoms with Gasteiger partial charge in [-0.25, -0.2) is 0 Å². The van der Waals surface area contributed by atoms with Crippen LogP contribution in [0.2, 0.25) is 0 Å². The summed E-state index contributed by atoms with van der Waals surface area (Å²) in [5.41, 5.74) is 1.20. The summed E-state index contributed by atoms with van der Waals surface area (Å²) in [5, 5.41) is 0. The Bertz CT molecular complexity index is 428. The fourth-order valence-corrected chi connectivity index (χ4v) is 2.62. The Kier molecular flexibility index (Phi) is 3.83. The topological polar surface area (TPSA) is 29.5 Å². The number of likely N-dealkylation sites (tertiary alicyclic amines) is 1. The molecule has 0 aromatic heterocycles. The van der Waals surface area contributed by atoms with Crippen LogP contribution in [0.1, 0.15) is 31.2 Å². The Hall–Kier alpha value is -1.35. The number of ether oxygens (including phenoxy) is 1. The van der Waals surface area contributed by atoms with Crippen molar-refractivity contribution < 1.29 is 9.53 Å². The van der Waals surface area contributed by atoms with Gasteiger partial charge in [-0.1, -0.05) is 30.3 Å². The first-order valence-electron chi connectivity index (χ1n) is 7.24. The molecule has 2 aliphatic rings. The first kappa shape index (κ1) is 12.7. The van der Waals surface area contributed by atoms with Gasteiger partial charge in [0.15, 0.2) is 0 Å². The molecule has 3 nitrogen and oxygen atoms in total. The van der Waals surface area contributed by atoms with Crippen LogP contribution in [0.25, 0.3) is 0 Å². The van der Waals surface area contributed by atoms with Crippen LogP contribution in [0.5, 0.6) is 0 Å². The van der Waals surface area contributed by atoms with E-state index in [4.69, 9.17) is 4.74 Å². The predicted octanol–water partition coefficient (Wildman–Crippen LogP) is 2.60. The molecular weight excluding hydrogens is 238 g/mol. The monoisotopic (exact) mass is 259 g/mol. The normalized spacial score (nSPS) is 23.1. The summed E-state index contributed by atoms with van der Waals surface area (Å²) in [7, 11) is 0. The molecule has 1 atom stereocenters. The van der Waals surface area contributed by atoms with Gasteiger partial charge in [-0.3, -0.25) is 4.79 Å². The fraction of sp³-hybridized carbons (Fsp3) is 0.562. The molecule has 1 unspecified atom stereocenters. The van der Waals surface area contributed by atoms with Gasteiger partial charge in [-0.15, -0.1) is 0 Å². The van der Waals surface area contributed by atoms with Gasteiger partial charge in [0.05, 0.1) is 12.6 Å². The van der Waals surface area contributed by atoms with Crippen molar-refractivity contribution in [3.8, 4) is 0 Å². The average molecular weight is 259 g/mol. The highest BCUT2D eigenvalue weighted by atomic mass is 16.5. The summed E-state index contributed by atoms with van der Waals surface area (Å²) in [6.45, 7) is 2.30. The molecule has 3 rings (SSSR count). The number of hydrogen-bond donors (Lipinski definition) is 0. The zero-order valence-corrected chi connectivity index (χ0v) is 11.3. The van der Waals surface area contributed by atoms with Crippen LogP contribution in [0.4, 0.5) is 0 Å². The van der Waals surface area contributed by atoms with Gasteiger partial charge in [0, 0.05) is 19.6 Å². The van der Waals surface area contributed by atoms with E-state index < -0.39 is 0 Å². The van der Waals surface area contributed by atoms with Crippen LogP contribution >= 0.6 is 0 Å². The van der Waals surface area contributed by atoms with Gasteiger partial charge in [0.25, 0.3) is 0 Å². The second-order valence-corrected chi connectivity index (χ2v) is 5.68. The van der Waals surface area contributed by atoms with Crippen molar-refractivity contribution in [2.24, 2.45) is 5.92 Å². The molecule has 1 saturated carbocycles. The molecular formula is C16H21NO2. The largest absolute Gasteiger partial charge is 0.379 e. The zero-order chi connectivity index (χ0) is 13.1. The van der Waals surface area contributed by atoms with E-state index in [0.717, 1.165) is 25.5 Å². The molecule has 0 bridgehead atoms. The maximum absolute atomic E-state index is 12.0. The smallest absolute Gasteiger partial charge is 0.223 e. The van der Waals surface area contributed by atoms with E-state index in [-0.39, 0.29) is 11.9 Å². The molecule has 1 aliphatic carbocycles. The van der Waals surface area contributed by atoms with E-state index in [1.807, 2.05) is 23.1 Å². The Labute approximate surface area is 114 Å². The number of benzene rings is 1. The molecule has 1 aromatic carbocycles. The molecule has 0 radical (unpaired) electrons. The molecule has 1 aromatic rings. The minimum atomic E-state index is 0.267. The second kappa shape index (κ2) is 5.74. The summed E-state index contributed by atoms with van der Waals surface area (Å²) < 4.78 is 5.76. The minimum Gasteiger partial charge on any atom is -0.379 e. The van der Waals surface area contributed by atoms with E-state index in [1.165, 1.54) is 18.4 Å². The fourth-order valence-electron chi connectivity index (χ4n) is 2.62. The van der Waals surface area contributed by atoms with Crippen molar-refractivity contribution in [2.45, 2.75) is 38.3 Å². The number of carbonyl (C=O) groups is 1.